The molecule has 7 heteroatoms. The molecule has 130 valence electrons. The second kappa shape index (κ2) is 6.24. The number of nitrogens with zero attached hydrogens (tertiary/aromatic N) is 3. The van der Waals surface area contributed by atoms with E-state index in [9.17, 15) is 14.0 Å². The summed E-state index contributed by atoms with van der Waals surface area (Å²) in [5.74, 6) is -0.587. The number of halogens is 1. The molecule has 2 aliphatic heterocycles. The molecule has 1 aromatic heterocycles. The number of carbonyl (C=O) groups excluding carboxylic acids is 2. The molecule has 2 aromatic rings. The molecule has 0 radical (unpaired) electrons. The van der Waals surface area contributed by atoms with Crippen LogP contribution in [-0.2, 0) is 17.8 Å². The molecule has 1 aromatic carbocycles. The minimum absolute atomic E-state index is 0.217. The van der Waals surface area contributed by atoms with E-state index in [1.54, 1.807) is 18.3 Å². The third kappa shape index (κ3) is 2.83. The van der Waals surface area contributed by atoms with Crippen molar-refractivity contribution >= 4 is 29.0 Å². The number of thiophene rings is 1. The molecule has 0 unspecified atom stereocenters. The lowest BCUT2D eigenvalue weighted by Crippen LogP contribution is -2.44. The lowest BCUT2D eigenvalue weighted by Gasteiger charge is -2.29. The number of hydrogen-bond donors (Lipinski definition) is 0. The molecule has 25 heavy (non-hydrogen) atoms. The SMILES string of the molecule is C[C@@H]1C(=O)N(CN2CCc3sccc3C2)C(=O)N1c1ccc(F)cc1. The van der Waals surface area contributed by atoms with Crippen LogP contribution in [0.15, 0.2) is 35.7 Å². The minimum atomic E-state index is -0.584. The van der Waals surface area contributed by atoms with Gasteiger partial charge in [0.05, 0.1) is 6.67 Å². The minimum Gasteiger partial charge on any atom is -0.282 e. The Hall–Kier alpha value is -2.25. The van der Waals surface area contributed by atoms with Crippen LogP contribution < -0.4 is 4.90 Å². The number of fused-ring (bicyclic) bond motifs is 1. The fourth-order valence-electron chi connectivity index (χ4n) is 3.42. The van der Waals surface area contributed by atoms with Crippen LogP contribution in [0.4, 0.5) is 14.9 Å². The smallest absolute Gasteiger partial charge is 0.282 e. The molecule has 0 bridgehead atoms. The Morgan fingerprint density at radius 2 is 1.96 bits per heavy atom. The second-order valence-electron chi connectivity index (χ2n) is 6.38. The molecule has 0 N–H and O–H groups in total. The zero-order valence-electron chi connectivity index (χ0n) is 13.8. The fraction of sp³-hybridized carbons (Fsp3) is 0.333. The first kappa shape index (κ1) is 16.2. The summed E-state index contributed by atoms with van der Waals surface area (Å²) in [4.78, 5) is 31.6. The van der Waals surface area contributed by atoms with Gasteiger partial charge < -0.3 is 0 Å². The van der Waals surface area contributed by atoms with Gasteiger partial charge in [-0.3, -0.25) is 14.6 Å². The Kier molecular flexibility index (Phi) is 4.05. The first-order chi connectivity index (χ1) is 12.0. The van der Waals surface area contributed by atoms with Gasteiger partial charge in [0.1, 0.15) is 11.9 Å². The zero-order chi connectivity index (χ0) is 17.6. The summed E-state index contributed by atoms with van der Waals surface area (Å²) >= 11 is 1.76. The van der Waals surface area contributed by atoms with E-state index in [2.05, 4.69) is 16.3 Å². The highest BCUT2D eigenvalue weighted by atomic mass is 32.1. The molecule has 0 saturated carbocycles. The van der Waals surface area contributed by atoms with E-state index in [-0.39, 0.29) is 24.4 Å². The summed E-state index contributed by atoms with van der Waals surface area (Å²) in [5, 5.41) is 2.08. The molecule has 1 saturated heterocycles. The van der Waals surface area contributed by atoms with E-state index in [4.69, 9.17) is 0 Å². The van der Waals surface area contributed by atoms with Gasteiger partial charge in [-0.15, -0.1) is 11.3 Å². The Morgan fingerprint density at radius 1 is 1.20 bits per heavy atom. The summed E-state index contributed by atoms with van der Waals surface area (Å²) in [6.45, 7) is 3.57. The van der Waals surface area contributed by atoms with Crippen molar-refractivity contribution in [2.75, 3.05) is 18.1 Å². The number of imide groups is 1. The van der Waals surface area contributed by atoms with Gasteiger partial charge in [-0.25, -0.2) is 14.1 Å². The molecule has 3 amide bonds. The standard InChI is InChI=1S/C18H18FN3O2S/c1-12-17(23)21(11-20-8-6-16-13(10-20)7-9-25-16)18(24)22(12)15-4-2-14(19)3-5-15/h2-5,7,9,12H,6,8,10-11H2,1H3/t12-/m1/s1. The van der Waals surface area contributed by atoms with E-state index >= 15 is 0 Å². The first-order valence-corrected chi connectivity index (χ1v) is 9.10. The number of carbonyl (C=O) groups is 2. The average molecular weight is 359 g/mol. The predicted molar refractivity (Wildman–Crippen MR) is 93.9 cm³/mol. The zero-order valence-corrected chi connectivity index (χ0v) is 14.6. The monoisotopic (exact) mass is 359 g/mol. The molecule has 0 spiro atoms. The van der Waals surface area contributed by atoms with Gasteiger partial charge >= 0.3 is 6.03 Å². The maximum atomic E-state index is 13.1. The molecule has 3 heterocycles. The third-order valence-electron chi connectivity index (χ3n) is 4.78. The van der Waals surface area contributed by atoms with Crippen LogP contribution in [0.1, 0.15) is 17.4 Å². The third-order valence-corrected chi connectivity index (χ3v) is 5.80. The fourth-order valence-corrected chi connectivity index (χ4v) is 4.31. The van der Waals surface area contributed by atoms with Crippen molar-refractivity contribution in [3.8, 4) is 0 Å². The Morgan fingerprint density at radius 3 is 2.72 bits per heavy atom. The molecule has 2 aliphatic rings. The molecular weight excluding hydrogens is 341 g/mol. The highest BCUT2D eigenvalue weighted by Crippen LogP contribution is 2.28. The summed E-state index contributed by atoms with van der Waals surface area (Å²) in [6.07, 6.45) is 0.945. The quantitative estimate of drug-likeness (QED) is 0.791. The number of anilines is 1. The first-order valence-electron chi connectivity index (χ1n) is 8.22. The Balaban J connectivity index is 1.52. The van der Waals surface area contributed by atoms with Crippen molar-refractivity contribution in [3.63, 3.8) is 0 Å². The van der Waals surface area contributed by atoms with Gasteiger partial charge in [0.25, 0.3) is 5.91 Å². The second-order valence-corrected chi connectivity index (χ2v) is 7.38. The van der Waals surface area contributed by atoms with Crippen LogP contribution in [0.5, 0.6) is 0 Å². The number of benzene rings is 1. The van der Waals surface area contributed by atoms with Crippen LogP contribution >= 0.6 is 11.3 Å². The largest absolute Gasteiger partial charge is 0.333 e. The predicted octanol–water partition coefficient (Wildman–Crippen LogP) is 3.06. The van der Waals surface area contributed by atoms with Gasteiger partial charge in [0.2, 0.25) is 0 Å². The number of amides is 3. The maximum absolute atomic E-state index is 13.1. The van der Waals surface area contributed by atoms with E-state index in [1.165, 1.54) is 44.5 Å². The van der Waals surface area contributed by atoms with Gasteiger partial charge in [0, 0.05) is 23.7 Å². The van der Waals surface area contributed by atoms with Gasteiger partial charge in [0.15, 0.2) is 0 Å². The highest BCUT2D eigenvalue weighted by Gasteiger charge is 2.44. The number of rotatable bonds is 3. The molecule has 1 atom stereocenters. The van der Waals surface area contributed by atoms with Crippen LogP contribution in [0, 0.1) is 5.82 Å². The van der Waals surface area contributed by atoms with Crippen LogP contribution in [0.3, 0.4) is 0 Å². The van der Waals surface area contributed by atoms with Crippen molar-refractivity contribution in [2.24, 2.45) is 0 Å². The van der Waals surface area contributed by atoms with E-state index in [0.29, 0.717) is 5.69 Å². The van der Waals surface area contributed by atoms with E-state index < -0.39 is 6.04 Å². The van der Waals surface area contributed by atoms with Gasteiger partial charge in [-0.05, 0) is 54.6 Å². The lowest BCUT2D eigenvalue weighted by molar-refractivity contribution is -0.128. The van der Waals surface area contributed by atoms with Crippen molar-refractivity contribution < 1.29 is 14.0 Å². The number of hydrogen-bond acceptors (Lipinski definition) is 4. The van der Waals surface area contributed by atoms with Gasteiger partial charge in [-0.1, -0.05) is 0 Å². The Bertz CT molecular complexity index is 820. The topological polar surface area (TPSA) is 43.9 Å². The molecule has 5 nitrogen and oxygen atoms in total. The highest BCUT2D eigenvalue weighted by molar-refractivity contribution is 7.10. The molecule has 4 rings (SSSR count). The average Bonchev–Trinajstić information content (AvgIpc) is 3.15. The summed E-state index contributed by atoms with van der Waals surface area (Å²) in [5.41, 5.74) is 1.81. The van der Waals surface area contributed by atoms with E-state index in [1.807, 2.05) is 0 Å². The Labute approximate surface area is 149 Å². The van der Waals surface area contributed by atoms with E-state index in [0.717, 1.165) is 19.5 Å². The van der Waals surface area contributed by atoms with Crippen molar-refractivity contribution in [1.29, 1.82) is 0 Å². The lowest BCUT2D eigenvalue weighted by atomic mass is 10.1. The summed E-state index contributed by atoms with van der Waals surface area (Å²) < 4.78 is 13.1. The normalized spacial score (nSPS) is 21.1. The summed E-state index contributed by atoms with van der Waals surface area (Å²) in [7, 11) is 0. The van der Waals surface area contributed by atoms with Crippen LogP contribution in [0.2, 0.25) is 0 Å². The van der Waals surface area contributed by atoms with Crippen molar-refractivity contribution in [1.82, 2.24) is 9.80 Å². The van der Waals surface area contributed by atoms with Crippen LogP contribution in [0.25, 0.3) is 0 Å². The van der Waals surface area contributed by atoms with Gasteiger partial charge in [-0.2, -0.15) is 0 Å². The summed E-state index contributed by atoms with van der Waals surface area (Å²) in [6, 6.07) is 6.82. The maximum Gasteiger partial charge on any atom is 0.333 e. The number of urea groups is 1. The molecular formula is C18H18FN3O2S. The molecule has 0 aliphatic carbocycles. The van der Waals surface area contributed by atoms with Crippen molar-refractivity contribution in [2.45, 2.75) is 25.9 Å². The molecule has 1 fully saturated rings. The van der Waals surface area contributed by atoms with Crippen LogP contribution in [-0.4, -0.2) is 41.0 Å². The van der Waals surface area contributed by atoms with Crippen molar-refractivity contribution in [3.05, 3.63) is 52.0 Å².